The van der Waals surface area contributed by atoms with Crippen LogP contribution in [0.5, 0.6) is 5.75 Å². The first-order chi connectivity index (χ1) is 14.7. The summed E-state index contributed by atoms with van der Waals surface area (Å²) < 4.78 is 5.61. The lowest BCUT2D eigenvalue weighted by Gasteiger charge is -2.31. The van der Waals surface area contributed by atoms with Crippen LogP contribution in [-0.2, 0) is 24.3 Å². The number of carbonyl (C=O) groups is 2. The molecule has 0 spiro atoms. The van der Waals surface area contributed by atoms with Crippen LogP contribution in [0.4, 0.5) is 5.69 Å². The lowest BCUT2D eigenvalue weighted by atomic mass is 9.99. The molecule has 0 radical (unpaired) electrons. The van der Waals surface area contributed by atoms with Crippen molar-refractivity contribution in [1.82, 2.24) is 4.90 Å². The summed E-state index contributed by atoms with van der Waals surface area (Å²) in [7, 11) is 0. The Hall–Kier alpha value is -3.60. The Morgan fingerprint density at radius 1 is 0.933 bits per heavy atom. The van der Waals surface area contributed by atoms with Crippen LogP contribution in [0.15, 0.2) is 72.8 Å². The molecule has 30 heavy (non-hydrogen) atoms. The average molecular weight is 398 g/mol. The van der Waals surface area contributed by atoms with Gasteiger partial charge in [0.2, 0.25) is 0 Å². The molecular weight excluding hydrogens is 376 g/mol. The van der Waals surface area contributed by atoms with Gasteiger partial charge >= 0.3 is 0 Å². The Morgan fingerprint density at radius 3 is 2.53 bits per heavy atom. The minimum absolute atomic E-state index is 0.00996. The van der Waals surface area contributed by atoms with Crippen LogP contribution < -0.4 is 9.64 Å². The van der Waals surface area contributed by atoms with Crippen LogP contribution in [0.3, 0.4) is 0 Å². The van der Waals surface area contributed by atoms with Crippen LogP contribution in [0.1, 0.15) is 27.0 Å². The molecule has 0 saturated heterocycles. The van der Waals surface area contributed by atoms with Crippen molar-refractivity contribution in [1.29, 1.82) is 0 Å². The number of benzene rings is 3. The van der Waals surface area contributed by atoms with Crippen LogP contribution in [-0.4, -0.2) is 29.9 Å². The molecule has 5 heteroatoms. The van der Waals surface area contributed by atoms with E-state index in [1.807, 2.05) is 47.4 Å². The van der Waals surface area contributed by atoms with Gasteiger partial charge < -0.3 is 14.5 Å². The minimum atomic E-state index is -0.108. The molecule has 5 rings (SSSR count). The van der Waals surface area contributed by atoms with Gasteiger partial charge in [0.1, 0.15) is 5.75 Å². The van der Waals surface area contributed by atoms with Crippen LogP contribution in [0, 0.1) is 0 Å². The van der Waals surface area contributed by atoms with Crippen LogP contribution in [0.2, 0.25) is 0 Å². The normalized spacial score (nSPS) is 15.3. The zero-order valence-corrected chi connectivity index (χ0v) is 16.6. The summed E-state index contributed by atoms with van der Waals surface area (Å²) in [5.74, 6) is 0.499. The average Bonchev–Trinajstić information content (AvgIpc) is 2.80. The molecular formula is C25H22N2O3. The van der Waals surface area contributed by atoms with Gasteiger partial charge in [0.15, 0.2) is 6.61 Å². The smallest absolute Gasteiger partial charge is 0.265 e. The van der Waals surface area contributed by atoms with E-state index in [4.69, 9.17) is 4.74 Å². The Bertz CT molecular complexity index is 1110. The highest BCUT2D eigenvalue weighted by Gasteiger charge is 2.28. The monoisotopic (exact) mass is 398 g/mol. The zero-order chi connectivity index (χ0) is 20.5. The van der Waals surface area contributed by atoms with E-state index < -0.39 is 0 Å². The van der Waals surface area contributed by atoms with Crippen molar-refractivity contribution >= 4 is 17.5 Å². The predicted octanol–water partition coefficient (Wildman–Crippen LogP) is 3.81. The maximum atomic E-state index is 13.2. The molecule has 0 N–H and O–H groups in total. The summed E-state index contributed by atoms with van der Waals surface area (Å²) in [6.45, 7) is 1.76. The number of amides is 2. The number of fused-ring (bicyclic) bond motifs is 2. The van der Waals surface area contributed by atoms with E-state index in [0.29, 0.717) is 36.6 Å². The summed E-state index contributed by atoms with van der Waals surface area (Å²) in [5, 5.41) is 0. The Morgan fingerprint density at radius 2 is 1.70 bits per heavy atom. The van der Waals surface area contributed by atoms with Crippen molar-refractivity contribution in [3.05, 3.63) is 95.1 Å². The molecule has 5 nitrogen and oxygen atoms in total. The maximum absolute atomic E-state index is 13.2. The maximum Gasteiger partial charge on any atom is 0.265 e. The van der Waals surface area contributed by atoms with E-state index in [0.717, 1.165) is 12.0 Å². The Kier molecular flexibility index (Phi) is 4.71. The molecule has 0 saturated carbocycles. The molecule has 0 bridgehead atoms. The van der Waals surface area contributed by atoms with Gasteiger partial charge in [-0.05, 0) is 41.3 Å². The molecule has 3 aromatic rings. The molecule has 2 aliphatic rings. The fraction of sp³-hybridized carbons (Fsp3) is 0.200. The van der Waals surface area contributed by atoms with E-state index in [1.54, 1.807) is 23.1 Å². The van der Waals surface area contributed by atoms with E-state index in [9.17, 15) is 9.59 Å². The highest BCUT2D eigenvalue weighted by atomic mass is 16.5. The van der Waals surface area contributed by atoms with E-state index >= 15 is 0 Å². The number of hydrogen-bond donors (Lipinski definition) is 0. The molecule has 0 unspecified atom stereocenters. The van der Waals surface area contributed by atoms with E-state index in [-0.39, 0.29) is 18.4 Å². The first-order valence-electron chi connectivity index (χ1n) is 10.2. The molecule has 0 aromatic heterocycles. The number of hydrogen-bond acceptors (Lipinski definition) is 3. The van der Waals surface area contributed by atoms with Gasteiger partial charge in [-0.25, -0.2) is 0 Å². The van der Waals surface area contributed by atoms with Crippen molar-refractivity contribution in [2.75, 3.05) is 18.1 Å². The van der Waals surface area contributed by atoms with Gasteiger partial charge in [0.05, 0.1) is 12.2 Å². The number of carbonyl (C=O) groups excluding carboxylic acids is 2. The van der Waals surface area contributed by atoms with E-state index in [2.05, 4.69) is 12.1 Å². The van der Waals surface area contributed by atoms with Gasteiger partial charge in [-0.15, -0.1) is 0 Å². The van der Waals surface area contributed by atoms with Crippen LogP contribution >= 0.6 is 0 Å². The topological polar surface area (TPSA) is 49.9 Å². The summed E-state index contributed by atoms with van der Waals surface area (Å²) in [6.07, 6.45) is 0.856. The third-order valence-corrected chi connectivity index (χ3v) is 5.75. The predicted molar refractivity (Wildman–Crippen MR) is 114 cm³/mol. The first-order valence-corrected chi connectivity index (χ1v) is 10.2. The third-order valence-electron chi connectivity index (χ3n) is 5.75. The second-order valence-corrected chi connectivity index (χ2v) is 7.68. The van der Waals surface area contributed by atoms with Crippen molar-refractivity contribution in [3.63, 3.8) is 0 Å². The van der Waals surface area contributed by atoms with Gasteiger partial charge in [-0.1, -0.05) is 54.6 Å². The molecule has 0 fully saturated rings. The Labute approximate surface area is 175 Å². The molecule has 2 amide bonds. The lowest BCUT2D eigenvalue weighted by molar-refractivity contribution is -0.121. The second-order valence-electron chi connectivity index (χ2n) is 7.68. The van der Waals surface area contributed by atoms with E-state index in [1.165, 1.54) is 11.1 Å². The first kappa shape index (κ1) is 18.4. The molecule has 0 atom stereocenters. The summed E-state index contributed by atoms with van der Waals surface area (Å²) >= 11 is 0. The zero-order valence-electron chi connectivity index (χ0n) is 16.6. The minimum Gasteiger partial charge on any atom is -0.482 e. The third kappa shape index (κ3) is 3.43. The SMILES string of the molecule is O=C(c1ccc2c(c1)N(Cc1ccccc1)C(=O)CO2)N1CCc2ccccc2C1. The van der Waals surface area contributed by atoms with Crippen molar-refractivity contribution in [2.45, 2.75) is 19.5 Å². The van der Waals surface area contributed by atoms with Crippen molar-refractivity contribution in [2.24, 2.45) is 0 Å². The van der Waals surface area contributed by atoms with Gasteiger partial charge in [-0.3, -0.25) is 9.59 Å². The number of rotatable bonds is 3. The number of nitrogens with zero attached hydrogens (tertiary/aromatic N) is 2. The fourth-order valence-electron chi connectivity index (χ4n) is 4.13. The van der Waals surface area contributed by atoms with Gasteiger partial charge in [0, 0.05) is 18.7 Å². The quantitative estimate of drug-likeness (QED) is 0.674. The molecule has 2 heterocycles. The fourth-order valence-corrected chi connectivity index (χ4v) is 4.13. The molecule has 2 aliphatic heterocycles. The summed E-state index contributed by atoms with van der Waals surface area (Å²) in [6, 6.07) is 23.5. The van der Waals surface area contributed by atoms with Crippen LogP contribution in [0.25, 0.3) is 0 Å². The van der Waals surface area contributed by atoms with Crippen molar-refractivity contribution < 1.29 is 14.3 Å². The number of ether oxygens (including phenoxy) is 1. The lowest BCUT2D eigenvalue weighted by Crippen LogP contribution is -2.39. The van der Waals surface area contributed by atoms with Gasteiger partial charge in [-0.2, -0.15) is 0 Å². The largest absolute Gasteiger partial charge is 0.482 e. The van der Waals surface area contributed by atoms with Crippen molar-refractivity contribution in [3.8, 4) is 5.75 Å². The molecule has 0 aliphatic carbocycles. The molecule has 150 valence electrons. The standard InChI is InChI=1S/C25H22N2O3/c28-24-17-30-23-11-10-20(14-22(23)27(24)15-18-6-2-1-3-7-18)25(29)26-13-12-19-8-4-5-9-21(19)16-26/h1-11,14H,12-13,15-17H2. The highest BCUT2D eigenvalue weighted by molar-refractivity contribution is 6.01. The second kappa shape index (κ2) is 7.67. The number of anilines is 1. The molecule has 3 aromatic carbocycles. The van der Waals surface area contributed by atoms with Gasteiger partial charge in [0.25, 0.3) is 11.8 Å². The highest BCUT2D eigenvalue weighted by Crippen LogP contribution is 2.34. The Balaban J connectivity index is 1.43. The summed E-state index contributed by atoms with van der Waals surface area (Å²) in [4.78, 5) is 29.4. The summed E-state index contributed by atoms with van der Waals surface area (Å²) in [5.41, 5.74) is 4.75.